The van der Waals surface area contributed by atoms with Crippen LogP contribution >= 0.6 is 0 Å². The number of rotatable bonds is 7. The van der Waals surface area contributed by atoms with Gasteiger partial charge in [-0.15, -0.1) is 0 Å². The van der Waals surface area contributed by atoms with Crippen molar-refractivity contribution in [2.45, 2.75) is 13.0 Å². The molecule has 1 amide bonds. The predicted molar refractivity (Wildman–Crippen MR) is 113 cm³/mol. The van der Waals surface area contributed by atoms with Gasteiger partial charge in [-0.25, -0.2) is 4.68 Å². The Morgan fingerprint density at radius 2 is 1.60 bits per heavy atom. The third-order valence-electron chi connectivity index (χ3n) is 4.62. The SMILES string of the molecule is COc1ccc(-c2ccc(=O)n(C(C)C(=O)Nc3cc(OC)ccc3OC)n2)cc1. The molecule has 0 saturated heterocycles. The van der Waals surface area contributed by atoms with Gasteiger partial charge in [-0.2, -0.15) is 5.10 Å². The van der Waals surface area contributed by atoms with E-state index in [0.717, 1.165) is 10.2 Å². The van der Waals surface area contributed by atoms with Gasteiger partial charge in [0, 0.05) is 17.7 Å². The molecule has 30 heavy (non-hydrogen) atoms. The number of methoxy groups -OCH3 is 3. The smallest absolute Gasteiger partial charge is 0.267 e. The largest absolute Gasteiger partial charge is 0.497 e. The summed E-state index contributed by atoms with van der Waals surface area (Å²) in [6.07, 6.45) is 0. The monoisotopic (exact) mass is 409 g/mol. The van der Waals surface area contributed by atoms with E-state index in [2.05, 4.69) is 10.4 Å². The molecule has 156 valence electrons. The Labute approximate surface area is 174 Å². The molecule has 0 spiro atoms. The van der Waals surface area contributed by atoms with Gasteiger partial charge in [0.05, 0.1) is 32.7 Å². The van der Waals surface area contributed by atoms with E-state index in [1.807, 2.05) is 12.1 Å². The number of carbonyl (C=O) groups excluding carboxylic acids is 1. The van der Waals surface area contributed by atoms with Crippen LogP contribution in [0.5, 0.6) is 17.2 Å². The maximum atomic E-state index is 12.8. The average molecular weight is 409 g/mol. The summed E-state index contributed by atoms with van der Waals surface area (Å²) in [6, 6.07) is 14.5. The number of ether oxygens (including phenoxy) is 3. The van der Waals surface area contributed by atoms with Crippen LogP contribution in [0.2, 0.25) is 0 Å². The molecule has 3 rings (SSSR count). The minimum Gasteiger partial charge on any atom is -0.497 e. The standard InChI is InChI=1S/C22H23N3O5/c1-14(22(27)23-19-13-17(29-3)9-11-20(19)30-4)25-21(26)12-10-18(24-25)15-5-7-16(28-2)8-6-15/h5-14H,1-4H3,(H,23,27). The lowest BCUT2D eigenvalue weighted by atomic mass is 10.1. The zero-order chi connectivity index (χ0) is 21.7. The fraction of sp³-hybridized carbons (Fsp3) is 0.227. The number of anilines is 1. The van der Waals surface area contributed by atoms with Crippen LogP contribution in [0.15, 0.2) is 59.4 Å². The molecule has 0 bridgehead atoms. The van der Waals surface area contributed by atoms with Gasteiger partial charge < -0.3 is 19.5 Å². The van der Waals surface area contributed by atoms with Gasteiger partial charge in [0.1, 0.15) is 23.3 Å². The number of hydrogen-bond acceptors (Lipinski definition) is 6. The number of benzene rings is 2. The van der Waals surface area contributed by atoms with Gasteiger partial charge in [0.2, 0.25) is 5.91 Å². The molecule has 0 aliphatic heterocycles. The summed E-state index contributed by atoms with van der Waals surface area (Å²) in [4.78, 5) is 25.2. The van der Waals surface area contributed by atoms with E-state index in [1.165, 1.54) is 20.3 Å². The highest BCUT2D eigenvalue weighted by molar-refractivity contribution is 5.95. The summed E-state index contributed by atoms with van der Waals surface area (Å²) in [6.45, 7) is 1.61. The summed E-state index contributed by atoms with van der Waals surface area (Å²) in [5, 5.41) is 7.16. The van der Waals surface area contributed by atoms with Gasteiger partial charge in [-0.1, -0.05) is 0 Å². The highest BCUT2D eigenvalue weighted by Crippen LogP contribution is 2.29. The summed E-state index contributed by atoms with van der Waals surface area (Å²) >= 11 is 0. The van der Waals surface area contributed by atoms with Crippen molar-refractivity contribution >= 4 is 11.6 Å². The van der Waals surface area contributed by atoms with Crippen molar-refractivity contribution in [3.8, 4) is 28.5 Å². The molecule has 1 unspecified atom stereocenters. The molecular formula is C22H23N3O5. The van der Waals surface area contributed by atoms with E-state index in [4.69, 9.17) is 14.2 Å². The molecule has 0 radical (unpaired) electrons. The predicted octanol–water partition coefficient (Wildman–Crippen LogP) is 3.14. The van der Waals surface area contributed by atoms with Crippen molar-refractivity contribution in [1.29, 1.82) is 0 Å². The zero-order valence-electron chi connectivity index (χ0n) is 17.2. The van der Waals surface area contributed by atoms with Crippen LogP contribution in [0.1, 0.15) is 13.0 Å². The fourth-order valence-electron chi connectivity index (χ4n) is 2.88. The Bertz CT molecular complexity index is 1090. The lowest BCUT2D eigenvalue weighted by molar-refractivity contribution is -0.119. The third kappa shape index (κ3) is 4.43. The molecule has 1 aromatic heterocycles. The number of hydrogen-bond donors (Lipinski definition) is 1. The van der Waals surface area contributed by atoms with E-state index in [0.29, 0.717) is 28.6 Å². The zero-order valence-corrected chi connectivity index (χ0v) is 17.2. The first-order valence-corrected chi connectivity index (χ1v) is 9.24. The Kier molecular flexibility index (Phi) is 6.36. The highest BCUT2D eigenvalue weighted by Gasteiger charge is 2.20. The Hall–Kier alpha value is -3.81. The first-order valence-electron chi connectivity index (χ1n) is 9.24. The Morgan fingerprint density at radius 1 is 0.933 bits per heavy atom. The molecule has 1 atom stereocenters. The quantitative estimate of drug-likeness (QED) is 0.645. The normalized spacial score (nSPS) is 11.5. The van der Waals surface area contributed by atoms with Gasteiger partial charge in [0.15, 0.2) is 0 Å². The van der Waals surface area contributed by atoms with Crippen molar-refractivity contribution in [3.05, 3.63) is 65.0 Å². The molecule has 3 aromatic rings. The van der Waals surface area contributed by atoms with Crippen molar-refractivity contribution < 1.29 is 19.0 Å². The minimum atomic E-state index is -0.855. The molecular weight excluding hydrogens is 386 g/mol. The maximum absolute atomic E-state index is 12.8. The third-order valence-corrected chi connectivity index (χ3v) is 4.62. The van der Waals surface area contributed by atoms with Gasteiger partial charge >= 0.3 is 0 Å². The van der Waals surface area contributed by atoms with Gasteiger partial charge in [-0.05, 0) is 49.4 Å². The summed E-state index contributed by atoms with van der Waals surface area (Å²) in [5.74, 6) is 1.34. The van der Waals surface area contributed by atoms with Crippen molar-refractivity contribution in [3.63, 3.8) is 0 Å². The number of carbonyl (C=O) groups is 1. The van der Waals surface area contributed by atoms with Gasteiger partial charge in [-0.3, -0.25) is 9.59 Å². The maximum Gasteiger partial charge on any atom is 0.267 e. The summed E-state index contributed by atoms with van der Waals surface area (Å²) < 4.78 is 16.8. The lowest BCUT2D eigenvalue weighted by Crippen LogP contribution is -2.33. The van der Waals surface area contributed by atoms with Gasteiger partial charge in [0.25, 0.3) is 5.56 Å². The minimum absolute atomic E-state index is 0.382. The molecule has 0 aliphatic rings. The molecule has 8 heteroatoms. The highest BCUT2D eigenvalue weighted by atomic mass is 16.5. The Morgan fingerprint density at radius 3 is 2.23 bits per heavy atom. The topological polar surface area (TPSA) is 91.7 Å². The number of aromatic nitrogens is 2. The van der Waals surface area contributed by atoms with E-state index in [-0.39, 0.29) is 5.56 Å². The average Bonchev–Trinajstić information content (AvgIpc) is 2.78. The van der Waals surface area contributed by atoms with E-state index in [1.54, 1.807) is 50.4 Å². The first-order chi connectivity index (χ1) is 14.5. The molecule has 1 heterocycles. The number of amides is 1. The van der Waals surface area contributed by atoms with E-state index < -0.39 is 11.9 Å². The molecule has 0 fully saturated rings. The fourth-order valence-corrected chi connectivity index (χ4v) is 2.88. The molecule has 0 aliphatic carbocycles. The number of nitrogens with zero attached hydrogens (tertiary/aromatic N) is 2. The second-order valence-electron chi connectivity index (χ2n) is 6.46. The molecule has 8 nitrogen and oxygen atoms in total. The van der Waals surface area contributed by atoms with E-state index in [9.17, 15) is 9.59 Å². The van der Waals surface area contributed by atoms with Crippen LogP contribution in [-0.2, 0) is 4.79 Å². The van der Waals surface area contributed by atoms with E-state index >= 15 is 0 Å². The van der Waals surface area contributed by atoms with Crippen LogP contribution in [-0.4, -0.2) is 37.0 Å². The lowest BCUT2D eigenvalue weighted by Gasteiger charge is -2.17. The van der Waals surface area contributed by atoms with Crippen LogP contribution in [0.4, 0.5) is 5.69 Å². The van der Waals surface area contributed by atoms with Crippen LogP contribution in [0, 0.1) is 0 Å². The van der Waals surface area contributed by atoms with Crippen LogP contribution in [0.25, 0.3) is 11.3 Å². The number of nitrogens with one attached hydrogen (secondary N) is 1. The van der Waals surface area contributed by atoms with Crippen molar-refractivity contribution in [2.24, 2.45) is 0 Å². The molecule has 2 aromatic carbocycles. The van der Waals surface area contributed by atoms with Crippen LogP contribution < -0.4 is 25.1 Å². The van der Waals surface area contributed by atoms with Crippen molar-refractivity contribution in [2.75, 3.05) is 26.6 Å². The first kappa shape index (κ1) is 20.9. The second-order valence-corrected chi connectivity index (χ2v) is 6.46. The Balaban J connectivity index is 1.88. The second kappa shape index (κ2) is 9.13. The molecule has 1 N–H and O–H groups in total. The summed E-state index contributed by atoms with van der Waals surface area (Å²) in [5.41, 5.74) is 1.42. The van der Waals surface area contributed by atoms with Crippen molar-refractivity contribution in [1.82, 2.24) is 9.78 Å². The molecule has 0 saturated carbocycles. The summed E-state index contributed by atoms with van der Waals surface area (Å²) in [7, 11) is 4.63. The van der Waals surface area contributed by atoms with Crippen LogP contribution in [0.3, 0.4) is 0 Å².